The summed E-state index contributed by atoms with van der Waals surface area (Å²) in [5, 5.41) is 0.634. The van der Waals surface area contributed by atoms with E-state index in [-0.39, 0.29) is 18.6 Å². The molecule has 8 heteroatoms. The lowest BCUT2D eigenvalue weighted by Crippen LogP contribution is -2.34. The monoisotopic (exact) mass is 339 g/mol. The van der Waals surface area contributed by atoms with Crippen LogP contribution in [0.1, 0.15) is 6.42 Å². The van der Waals surface area contributed by atoms with Crippen molar-refractivity contribution in [2.24, 2.45) is 0 Å². The first-order chi connectivity index (χ1) is 10.7. The van der Waals surface area contributed by atoms with Gasteiger partial charge >= 0.3 is 0 Å². The molecule has 1 saturated heterocycles. The SMILES string of the molecule is O=C(COc1ccc(Cl)cc1)N1CCC(Oc2cnsn2)C1. The predicted octanol–water partition coefficient (Wildman–Crippen LogP) is 2.25. The van der Waals surface area contributed by atoms with E-state index in [2.05, 4.69) is 8.75 Å². The normalized spacial score (nSPS) is 17.5. The molecule has 2 aromatic rings. The van der Waals surface area contributed by atoms with Gasteiger partial charge in [-0.25, -0.2) is 0 Å². The molecule has 0 bridgehead atoms. The molecule has 3 rings (SSSR count). The summed E-state index contributed by atoms with van der Waals surface area (Å²) in [4.78, 5) is 13.9. The molecule has 1 unspecified atom stereocenters. The van der Waals surface area contributed by atoms with E-state index in [1.54, 1.807) is 35.4 Å². The number of halogens is 1. The largest absolute Gasteiger partial charge is 0.484 e. The van der Waals surface area contributed by atoms with E-state index in [1.807, 2.05) is 0 Å². The van der Waals surface area contributed by atoms with Crippen molar-refractivity contribution in [3.63, 3.8) is 0 Å². The predicted molar refractivity (Wildman–Crippen MR) is 82.5 cm³/mol. The van der Waals surface area contributed by atoms with Crippen molar-refractivity contribution in [2.45, 2.75) is 12.5 Å². The molecule has 0 spiro atoms. The number of benzene rings is 1. The van der Waals surface area contributed by atoms with Crippen LogP contribution in [-0.2, 0) is 4.79 Å². The van der Waals surface area contributed by atoms with Crippen molar-refractivity contribution < 1.29 is 14.3 Å². The van der Waals surface area contributed by atoms with Crippen LogP contribution < -0.4 is 9.47 Å². The number of ether oxygens (including phenoxy) is 2. The van der Waals surface area contributed by atoms with Crippen LogP contribution in [0.5, 0.6) is 11.6 Å². The van der Waals surface area contributed by atoms with Gasteiger partial charge in [-0.15, -0.1) is 4.37 Å². The van der Waals surface area contributed by atoms with Crippen molar-refractivity contribution >= 4 is 29.2 Å². The number of hydrogen-bond acceptors (Lipinski definition) is 6. The highest BCUT2D eigenvalue weighted by Gasteiger charge is 2.28. The van der Waals surface area contributed by atoms with Gasteiger partial charge in [-0.2, -0.15) is 4.37 Å². The Morgan fingerprint density at radius 2 is 2.23 bits per heavy atom. The molecule has 0 saturated carbocycles. The zero-order valence-corrected chi connectivity index (χ0v) is 13.2. The van der Waals surface area contributed by atoms with Crippen LogP contribution in [0.25, 0.3) is 0 Å². The Morgan fingerprint density at radius 3 is 2.95 bits per heavy atom. The number of carbonyl (C=O) groups excluding carboxylic acids is 1. The zero-order valence-electron chi connectivity index (χ0n) is 11.6. The van der Waals surface area contributed by atoms with Gasteiger partial charge in [0.15, 0.2) is 6.61 Å². The summed E-state index contributed by atoms with van der Waals surface area (Å²) in [6, 6.07) is 6.92. The Morgan fingerprint density at radius 1 is 1.41 bits per heavy atom. The van der Waals surface area contributed by atoms with E-state index in [9.17, 15) is 4.79 Å². The van der Waals surface area contributed by atoms with Gasteiger partial charge in [0.2, 0.25) is 5.88 Å². The summed E-state index contributed by atoms with van der Waals surface area (Å²) in [7, 11) is 0. The van der Waals surface area contributed by atoms with Crippen LogP contribution in [-0.4, -0.2) is 45.4 Å². The second-order valence-electron chi connectivity index (χ2n) is 4.86. The van der Waals surface area contributed by atoms with Crippen molar-refractivity contribution in [1.29, 1.82) is 0 Å². The molecule has 6 nitrogen and oxygen atoms in total. The molecule has 1 aliphatic heterocycles. The smallest absolute Gasteiger partial charge is 0.260 e. The molecule has 116 valence electrons. The Bertz CT molecular complexity index is 621. The molecule has 22 heavy (non-hydrogen) atoms. The fraction of sp³-hybridized carbons (Fsp3) is 0.357. The average molecular weight is 340 g/mol. The average Bonchev–Trinajstić information content (AvgIpc) is 3.19. The van der Waals surface area contributed by atoms with Gasteiger partial charge in [0.1, 0.15) is 18.1 Å². The number of amides is 1. The molecular formula is C14H14ClN3O3S. The second-order valence-corrected chi connectivity index (χ2v) is 5.85. The minimum atomic E-state index is -0.0579. The summed E-state index contributed by atoms with van der Waals surface area (Å²) in [6.45, 7) is 1.21. The van der Waals surface area contributed by atoms with Gasteiger partial charge in [-0.05, 0) is 24.3 Å². The minimum absolute atomic E-state index is 0.00656. The van der Waals surface area contributed by atoms with Gasteiger partial charge in [0.05, 0.1) is 18.3 Å². The third-order valence-corrected chi connectivity index (χ3v) is 4.02. The first-order valence-corrected chi connectivity index (χ1v) is 7.92. The lowest BCUT2D eigenvalue weighted by molar-refractivity contribution is -0.132. The molecular weight excluding hydrogens is 326 g/mol. The summed E-state index contributed by atoms with van der Waals surface area (Å²) in [5.74, 6) is 1.08. The van der Waals surface area contributed by atoms with E-state index >= 15 is 0 Å². The summed E-state index contributed by atoms with van der Waals surface area (Å²) in [6.07, 6.45) is 2.33. The number of hydrogen-bond donors (Lipinski definition) is 0. The maximum absolute atomic E-state index is 12.1. The van der Waals surface area contributed by atoms with Crippen LogP contribution in [0.2, 0.25) is 5.02 Å². The fourth-order valence-electron chi connectivity index (χ4n) is 2.20. The van der Waals surface area contributed by atoms with E-state index in [4.69, 9.17) is 21.1 Å². The molecule has 0 radical (unpaired) electrons. The van der Waals surface area contributed by atoms with Gasteiger partial charge in [-0.1, -0.05) is 11.6 Å². The molecule has 1 aliphatic rings. The van der Waals surface area contributed by atoms with E-state index in [0.717, 1.165) is 18.1 Å². The van der Waals surface area contributed by atoms with Crippen molar-refractivity contribution in [3.8, 4) is 11.6 Å². The van der Waals surface area contributed by atoms with Gasteiger partial charge in [-0.3, -0.25) is 4.79 Å². The van der Waals surface area contributed by atoms with E-state index in [0.29, 0.717) is 29.7 Å². The molecule has 1 aromatic carbocycles. The standard InChI is InChI=1S/C14H14ClN3O3S/c15-10-1-3-11(4-2-10)20-9-14(19)18-6-5-12(8-18)21-13-7-16-22-17-13/h1-4,7,12H,5-6,8-9H2. The van der Waals surface area contributed by atoms with E-state index < -0.39 is 0 Å². The van der Waals surface area contributed by atoms with Gasteiger partial charge in [0.25, 0.3) is 5.91 Å². The summed E-state index contributed by atoms with van der Waals surface area (Å²) in [5.41, 5.74) is 0. The van der Waals surface area contributed by atoms with Crippen LogP contribution in [0, 0.1) is 0 Å². The Kier molecular flexibility index (Phi) is 4.74. The number of carbonyl (C=O) groups is 1. The van der Waals surface area contributed by atoms with E-state index in [1.165, 1.54) is 0 Å². The summed E-state index contributed by atoms with van der Waals surface area (Å²) >= 11 is 6.90. The highest BCUT2D eigenvalue weighted by molar-refractivity contribution is 6.99. The third-order valence-electron chi connectivity index (χ3n) is 3.30. The minimum Gasteiger partial charge on any atom is -0.484 e. The maximum atomic E-state index is 12.1. The molecule has 0 aliphatic carbocycles. The molecule has 2 heterocycles. The Hall–Kier alpha value is -1.86. The lowest BCUT2D eigenvalue weighted by atomic mass is 10.3. The fourth-order valence-corrected chi connectivity index (χ4v) is 2.68. The van der Waals surface area contributed by atoms with Crippen LogP contribution in [0.15, 0.2) is 30.5 Å². The first kappa shape index (κ1) is 15.1. The lowest BCUT2D eigenvalue weighted by Gasteiger charge is -2.16. The second kappa shape index (κ2) is 6.93. The van der Waals surface area contributed by atoms with Crippen molar-refractivity contribution in [3.05, 3.63) is 35.5 Å². The molecule has 0 N–H and O–H groups in total. The maximum Gasteiger partial charge on any atom is 0.260 e. The number of nitrogens with zero attached hydrogens (tertiary/aromatic N) is 3. The van der Waals surface area contributed by atoms with Crippen LogP contribution in [0.4, 0.5) is 0 Å². The number of likely N-dealkylation sites (tertiary alicyclic amines) is 1. The first-order valence-electron chi connectivity index (χ1n) is 6.81. The van der Waals surface area contributed by atoms with Crippen molar-refractivity contribution in [1.82, 2.24) is 13.6 Å². The zero-order chi connectivity index (χ0) is 15.4. The number of rotatable bonds is 5. The van der Waals surface area contributed by atoms with Crippen LogP contribution >= 0.6 is 23.3 Å². The molecule has 1 atom stereocenters. The topological polar surface area (TPSA) is 64.5 Å². The molecule has 1 amide bonds. The van der Waals surface area contributed by atoms with Crippen LogP contribution in [0.3, 0.4) is 0 Å². The van der Waals surface area contributed by atoms with Gasteiger partial charge < -0.3 is 14.4 Å². The van der Waals surface area contributed by atoms with Crippen molar-refractivity contribution in [2.75, 3.05) is 19.7 Å². The highest BCUT2D eigenvalue weighted by Crippen LogP contribution is 2.18. The molecule has 1 fully saturated rings. The number of aromatic nitrogens is 2. The molecule has 1 aromatic heterocycles. The van der Waals surface area contributed by atoms with Gasteiger partial charge in [0, 0.05) is 18.0 Å². The Balaban J connectivity index is 1.46. The summed E-state index contributed by atoms with van der Waals surface area (Å²) < 4.78 is 19.0. The highest BCUT2D eigenvalue weighted by atomic mass is 35.5. The quantitative estimate of drug-likeness (QED) is 0.836. The third kappa shape index (κ3) is 3.86. The Labute approximate surface area is 136 Å².